The Morgan fingerprint density at radius 2 is 1.90 bits per heavy atom. The molecule has 1 amide bonds. The van der Waals surface area contributed by atoms with Gasteiger partial charge in [0.25, 0.3) is 0 Å². The number of fused-ring (bicyclic) bond motifs is 2. The predicted octanol–water partition coefficient (Wildman–Crippen LogP) is 3.16. The third kappa shape index (κ3) is 4.57. The van der Waals surface area contributed by atoms with Gasteiger partial charge in [0, 0.05) is 49.2 Å². The predicted molar refractivity (Wildman–Crippen MR) is 114 cm³/mol. The summed E-state index contributed by atoms with van der Waals surface area (Å²) in [5.74, 6) is 2.65. The van der Waals surface area contributed by atoms with Crippen molar-refractivity contribution in [2.24, 2.45) is 5.92 Å². The Morgan fingerprint density at radius 1 is 1.14 bits per heavy atom. The molecule has 0 aromatic carbocycles. The summed E-state index contributed by atoms with van der Waals surface area (Å²) in [5.41, 5.74) is 3.11. The number of rotatable bonds is 6. The van der Waals surface area contributed by atoms with Crippen LogP contribution in [-0.2, 0) is 17.6 Å². The van der Waals surface area contributed by atoms with E-state index in [0.29, 0.717) is 24.4 Å². The van der Waals surface area contributed by atoms with E-state index in [1.807, 2.05) is 19.2 Å². The number of anilines is 1. The zero-order chi connectivity index (χ0) is 20.4. The highest BCUT2D eigenvalue weighted by molar-refractivity contribution is 5.78. The van der Waals surface area contributed by atoms with Crippen LogP contribution < -0.4 is 10.2 Å². The Bertz CT molecular complexity index is 869. The number of pyridine rings is 1. The molecule has 3 atom stereocenters. The second kappa shape index (κ2) is 8.47. The lowest BCUT2D eigenvalue weighted by Gasteiger charge is -2.40. The number of hydrogen-bond acceptors (Lipinski definition) is 5. The number of nitrogens with zero attached hydrogens (tertiary/aromatic N) is 4. The van der Waals surface area contributed by atoms with E-state index in [2.05, 4.69) is 40.1 Å². The lowest BCUT2D eigenvalue weighted by Crippen LogP contribution is -2.46. The first-order valence-electron chi connectivity index (χ1n) is 10.8. The number of aromatic nitrogens is 3. The molecule has 2 aliphatic heterocycles. The van der Waals surface area contributed by atoms with Crippen molar-refractivity contribution in [1.82, 2.24) is 20.3 Å². The molecule has 4 rings (SSSR count). The molecule has 0 saturated carbocycles. The highest BCUT2D eigenvalue weighted by Gasteiger charge is 2.41. The number of hydrogen-bond donors (Lipinski definition) is 1. The van der Waals surface area contributed by atoms with E-state index in [4.69, 9.17) is 4.98 Å². The number of nitrogens with one attached hydrogen (secondary N) is 1. The lowest BCUT2D eigenvalue weighted by molar-refractivity contribution is -0.120. The number of amides is 1. The minimum Gasteiger partial charge on any atom is -0.356 e. The van der Waals surface area contributed by atoms with Gasteiger partial charge in [-0.05, 0) is 56.6 Å². The summed E-state index contributed by atoms with van der Waals surface area (Å²) in [4.78, 5) is 28.4. The Kier molecular flexibility index (Phi) is 5.79. The smallest absolute Gasteiger partial charge is 0.224 e. The molecule has 6 heteroatoms. The molecule has 1 N–H and O–H groups in total. The molecule has 4 heterocycles. The fourth-order valence-corrected chi connectivity index (χ4v) is 4.95. The summed E-state index contributed by atoms with van der Waals surface area (Å²) in [6.07, 6.45) is 9.53. The van der Waals surface area contributed by atoms with Crippen molar-refractivity contribution in [3.8, 4) is 0 Å². The zero-order valence-electron chi connectivity index (χ0n) is 17.7. The van der Waals surface area contributed by atoms with Crippen LogP contribution in [0.5, 0.6) is 0 Å². The van der Waals surface area contributed by atoms with Gasteiger partial charge in [-0.2, -0.15) is 0 Å². The van der Waals surface area contributed by atoms with E-state index >= 15 is 0 Å². The molecule has 0 radical (unpaired) electrons. The second-order valence-electron chi connectivity index (χ2n) is 8.62. The van der Waals surface area contributed by atoms with Crippen molar-refractivity contribution in [1.29, 1.82) is 0 Å². The SMILES string of the molecule is CCc1nc(C)cc(N2[C@@H]3CC[C@H]2CC(CNC(=O)Cc2cncc(C)c2)C3)n1. The number of piperidine rings is 1. The Morgan fingerprint density at radius 3 is 2.59 bits per heavy atom. The van der Waals surface area contributed by atoms with E-state index in [0.717, 1.165) is 54.3 Å². The summed E-state index contributed by atoms with van der Waals surface area (Å²) in [6, 6.07) is 5.20. The monoisotopic (exact) mass is 393 g/mol. The number of carbonyl (C=O) groups is 1. The van der Waals surface area contributed by atoms with Gasteiger partial charge >= 0.3 is 0 Å². The molecular weight excluding hydrogens is 362 g/mol. The van der Waals surface area contributed by atoms with Gasteiger partial charge < -0.3 is 10.2 Å². The lowest BCUT2D eigenvalue weighted by atomic mass is 9.90. The number of aryl methyl sites for hydroxylation is 3. The Hall–Kier alpha value is -2.50. The Balaban J connectivity index is 1.34. The van der Waals surface area contributed by atoms with E-state index in [-0.39, 0.29) is 5.91 Å². The largest absolute Gasteiger partial charge is 0.356 e. The molecule has 2 aromatic heterocycles. The normalized spacial score (nSPS) is 23.3. The molecule has 2 bridgehead atoms. The van der Waals surface area contributed by atoms with Gasteiger partial charge in [0.2, 0.25) is 5.91 Å². The van der Waals surface area contributed by atoms with Gasteiger partial charge in [0.05, 0.1) is 6.42 Å². The maximum absolute atomic E-state index is 12.4. The topological polar surface area (TPSA) is 71.0 Å². The number of carbonyl (C=O) groups excluding carboxylic acids is 1. The molecule has 2 saturated heterocycles. The van der Waals surface area contributed by atoms with Gasteiger partial charge in [0.1, 0.15) is 11.6 Å². The maximum Gasteiger partial charge on any atom is 0.224 e. The molecule has 0 spiro atoms. The summed E-state index contributed by atoms with van der Waals surface area (Å²) in [7, 11) is 0. The summed E-state index contributed by atoms with van der Waals surface area (Å²) >= 11 is 0. The first-order valence-corrected chi connectivity index (χ1v) is 10.8. The van der Waals surface area contributed by atoms with Crippen molar-refractivity contribution >= 4 is 11.7 Å². The molecule has 0 aliphatic carbocycles. The molecular formula is C23H31N5O. The van der Waals surface area contributed by atoms with Crippen molar-refractivity contribution < 1.29 is 4.79 Å². The standard InChI is InChI=1S/C23H31N5O/c1-4-21-26-16(3)8-22(27-21)28-19-5-6-20(28)10-18(9-19)14-25-23(29)11-17-7-15(2)12-24-13-17/h7-8,12-13,18-20H,4-6,9-11,14H2,1-3H3,(H,25,29)/t18?,19-,20+. The first-order chi connectivity index (χ1) is 14.0. The van der Waals surface area contributed by atoms with E-state index < -0.39 is 0 Å². The second-order valence-corrected chi connectivity index (χ2v) is 8.62. The fourth-order valence-electron chi connectivity index (χ4n) is 4.95. The molecule has 154 valence electrons. The zero-order valence-corrected chi connectivity index (χ0v) is 17.7. The van der Waals surface area contributed by atoms with Gasteiger partial charge in [-0.3, -0.25) is 9.78 Å². The summed E-state index contributed by atoms with van der Waals surface area (Å²) < 4.78 is 0. The van der Waals surface area contributed by atoms with Crippen molar-refractivity contribution in [2.45, 2.75) is 71.4 Å². The molecule has 2 aromatic rings. The van der Waals surface area contributed by atoms with Crippen LogP contribution in [0.2, 0.25) is 0 Å². The van der Waals surface area contributed by atoms with Gasteiger partial charge in [-0.25, -0.2) is 9.97 Å². The Labute approximate surface area is 173 Å². The molecule has 6 nitrogen and oxygen atoms in total. The van der Waals surface area contributed by atoms with Crippen LogP contribution >= 0.6 is 0 Å². The van der Waals surface area contributed by atoms with E-state index in [1.165, 1.54) is 12.8 Å². The van der Waals surface area contributed by atoms with Crippen LogP contribution in [0.25, 0.3) is 0 Å². The highest BCUT2D eigenvalue weighted by Crippen LogP contribution is 2.41. The summed E-state index contributed by atoms with van der Waals surface area (Å²) in [5, 5.41) is 3.16. The molecule has 2 aliphatic rings. The van der Waals surface area contributed by atoms with Gasteiger partial charge in [0.15, 0.2) is 0 Å². The first kappa shape index (κ1) is 19.8. The molecule has 29 heavy (non-hydrogen) atoms. The van der Waals surface area contributed by atoms with Crippen LogP contribution in [0.1, 0.15) is 55.3 Å². The highest BCUT2D eigenvalue weighted by atomic mass is 16.1. The average molecular weight is 394 g/mol. The molecule has 2 fully saturated rings. The fraction of sp³-hybridized carbons (Fsp3) is 0.565. The minimum absolute atomic E-state index is 0.0891. The van der Waals surface area contributed by atoms with Crippen LogP contribution in [0.15, 0.2) is 24.5 Å². The minimum atomic E-state index is 0.0891. The quantitative estimate of drug-likeness (QED) is 0.816. The van der Waals surface area contributed by atoms with Gasteiger partial charge in [-0.1, -0.05) is 13.0 Å². The van der Waals surface area contributed by atoms with Crippen LogP contribution in [0.4, 0.5) is 5.82 Å². The van der Waals surface area contributed by atoms with Crippen molar-refractivity contribution in [3.63, 3.8) is 0 Å². The van der Waals surface area contributed by atoms with Crippen molar-refractivity contribution in [2.75, 3.05) is 11.4 Å². The third-order valence-corrected chi connectivity index (χ3v) is 6.18. The maximum atomic E-state index is 12.4. The summed E-state index contributed by atoms with van der Waals surface area (Å²) in [6.45, 7) is 6.93. The molecule has 1 unspecified atom stereocenters. The van der Waals surface area contributed by atoms with E-state index in [1.54, 1.807) is 6.20 Å². The van der Waals surface area contributed by atoms with Crippen LogP contribution in [-0.4, -0.2) is 39.5 Å². The van der Waals surface area contributed by atoms with Gasteiger partial charge in [-0.15, -0.1) is 0 Å². The average Bonchev–Trinajstić information content (AvgIpc) is 2.96. The third-order valence-electron chi connectivity index (χ3n) is 6.18. The van der Waals surface area contributed by atoms with Crippen LogP contribution in [0, 0.1) is 19.8 Å². The van der Waals surface area contributed by atoms with E-state index in [9.17, 15) is 4.79 Å². The van der Waals surface area contributed by atoms with Crippen LogP contribution in [0.3, 0.4) is 0 Å². The van der Waals surface area contributed by atoms with Crippen molar-refractivity contribution in [3.05, 3.63) is 47.2 Å².